The fourth-order valence-electron chi connectivity index (χ4n) is 2.40. The molecule has 18 heavy (non-hydrogen) atoms. The summed E-state index contributed by atoms with van der Waals surface area (Å²) >= 11 is 0. The quantitative estimate of drug-likeness (QED) is 0.817. The number of ketones is 1. The summed E-state index contributed by atoms with van der Waals surface area (Å²) in [6, 6.07) is 3.83. The van der Waals surface area contributed by atoms with E-state index in [1.807, 2.05) is 26.0 Å². The van der Waals surface area contributed by atoms with Crippen molar-refractivity contribution in [3.05, 3.63) is 23.3 Å². The molecular formula is C15H20O3. The summed E-state index contributed by atoms with van der Waals surface area (Å²) in [5.74, 6) is 2.06. The molecule has 1 atom stereocenters. The number of carbonyl (C=O) groups excluding carboxylic acids is 1. The van der Waals surface area contributed by atoms with E-state index in [-0.39, 0.29) is 5.78 Å². The first-order valence-corrected chi connectivity index (χ1v) is 6.64. The Balaban J connectivity index is 2.48. The van der Waals surface area contributed by atoms with Crippen molar-refractivity contribution in [2.75, 3.05) is 13.2 Å². The average molecular weight is 248 g/mol. The van der Waals surface area contributed by atoms with E-state index in [1.165, 1.54) is 0 Å². The van der Waals surface area contributed by atoms with Crippen LogP contribution < -0.4 is 9.47 Å². The number of hydrogen-bond donors (Lipinski definition) is 0. The molecule has 0 N–H and O–H groups in total. The fourth-order valence-corrected chi connectivity index (χ4v) is 2.40. The molecule has 2 rings (SSSR count). The monoisotopic (exact) mass is 248 g/mol. The molecule has 0 aliphatic heterocycles. The van der Waals surface area contributed by atoms with Crippen molar-refractivity contribution in [2.24, 2.45) is 0 Å². The molecule has 0 spiro atoms. The van der Waals surface area contributed by atoms with Crippen molar-refractivity contribution in [3.63, 3.8) is 0 Å². The van der Waals surface area contributed by atoms with Gasteiger partial charge in [0.25, 0.3) is 0 Å². The van der Waals surface area contributed by atoms with Crippen molar-refractivity contribution in [1.82, 2.24) is 0 Å². The molecule has 98 valence electrons. The summed E-state index contributed by atoms with van der Waals surface area (Å²) in [5, 5.41) is 0. The van der Waals surface area contributed by atoms with Gasteiger partial charge in [0.15, 0.2) is 17.3 Å². The second-order valence-electron chi connectivity index (χ2n) is 4.62. The van der Waals surface area contributed by atoms with Gasteiger partial charge in [-0.15, -0.1) is 0 Å². The number of carbonyl (C=O) groups is 1. The van der Waals surface area contributed by atoms with Gasteiger partial charge in [-0.3, -0.25) is 4.79 Å². The maximum atomic E-state index is 12.0. The molecule has 3 heteroatoms. The number of Topliss-reactive ketones (excluding diaryl/α,β-unsaturated/α-hetero) is 1. The average Bonchev–Trinajstić information content (AvgIpc) is 2.36. The summed E-state index contributed by atoms with van der Waals surface area (Å²) in [6.45, 7) is 7.20. The molecule has 0 heterocycles. The Labute approximate surface area is 108 Å². The highest BCUT2D eigenvalue weighted by molar-refractivity contribution is 5.99. The van der Waals surface area contributed by atoms with Crippen molar-refractivity contribution in [1.29, 1.82) is 0 Å². The Morgan fingerprint density at radius 1 is 1.17 bits per heavy atom. The van der Waals surface area contributed by atoms with E-state index in [4.69, 9.17) is 9.47 Å². The molecule has 1 aliphatic carbocycles. The number of ether oxygens (including phenoxy) is 2. The molecule has 1 aliphatic rings. The lowest BCUT2D eigenvalue weighted by Gasteiger charge is -2.23. The smallest absolute Gasteiger partial charge is 0.163 e. The number of hydrogen-bond acceptors (Lipinski definition) is 3. The Morgan fingerprint density at radius 2 is 1.78 bits per heavy atom. The van der Waals surface area contributed by atoms with Gasteiger partial charge in [0.1, 0.15) is 0 Å². The van der Waals surface area contributed by atoms with Crippen LogP contribution in [0.2, 0.25) is 0 Å². The number of rotatable bonds is 4. The molecule has 1 unspecified atom stereocenters. The van der Waals surface area contributed by atoms with Gasteiger partial charge in [0.2, 0.25) is 0 Å². The second-order valence-corrected chi connectivity index (χ2v) is 4.62. The molecule has 0 amide bonds. The highest BCUT2D eigenvalue weighted by Crippen LogP contribution is 2.39. The molecule has 0 saturated carbocycles. The second kappa shape index (κ2) is 5.42. The minimum atomic E-state index is 0.215. The zero-order valence-electron chi connectivity index (χ0n) is 11.3. The standard InChI is InChI=1S/C15H20O3/c1-4-17-14-8-11-10(3)6-7-13(16)12(11)9-15(14)18-5-2/h8-10H,4-7H2,1-3H3. The SMILES string of the molecule is CCOc1cc2c(cc1OCC)C(C)CCC2=O. The van der Waals surface area contributed by atoms with Crippen molar-refractivity contribution in [3.8, 4) is 11.5 Å². The zero-order chi connectivity index (χ0) is 13.1. The van der Waals surface area contributed by atoms with Gasteiger partial charge in [-0.1, -0.05) is 6.92 Å². The highest BCUT2D eigenvalue weighted by atomic mass is 16.5. The van der Waals surface area contributed by atoms with E-state index >= 15 is 0 Å². The summed E-state index contributed by atoms with van der Waals surface area (Å²) in [7, 11) is 0. The molecule has 0 fully saturated rings. The molecule has 0 saturated heterocycles. The van der Waals surface area contributed by atoms with Gasteiger partial charge in [0, 0.05) is 12.0 Å². The lowest BCUT2D eigenvalue weighted by Crippen LogP contribution is -2.15. The van der Waals surface area contributed by atoms with Crippen LogP contribution in [0.5, 0.6) is 11.5 Å². The van der Waals surface area contributed by atoms with Crippen LogP contribution in [-0.4, -0.2) is 19.0 Å². The van der Waals surface area contributed by atoms with Crippen LogP contribution in [0.25, 0.3) is 0 Å². The summed E-state index contributed by atoms with van der Waals surface area (Å²) in [4.78, 5) is 12.0. The largest absolute Gasteiger partial charge is 0.490 e. The lowest BCUT2D eigenvalue weighted by molar-refractivity contribution is 0.0967. The Morgan fingerprint density at radius 3 is 2.39 bits per heavy atom. The first-order chi connectivity index (χ1) is 8.67. The van der Waals surface area contributed by atoms with Crippen LogP contribution in [0.15, 0.2) is 12.1 Å². The zero-order valence-corrected chi connectivity index (χ0v) is 11.3. The van der Waals surface area contributed by atoms with Crippen molar-refractivity contribution < 1.29 is 14.3 Å². The van der Waals surface area contributed by atoms with Gasteiger partial charge in [0.05, 0.1) is 13.2 Å². The van der Waals surface area contributed by atoms with Crippen LogP contribution in [0.1, 0.15) is 55.5 Å². The van der Waals surface area contributed by atoms with E-state index in [2.05, 4.69) is 6.92 Å². The first kappa shape index (κ1) is 12.9. The summed E-state index contributed by atoms with van der Waals surface area (Å²) < 4.78 is 11.2. The molecule has 0 radical (unpaired) electrons. The van der Waals surface area contributed by atoms with Crippen LogP contribution in [-0.2, 0) is 0 Å². The lowest BCUT2D eigenvalue weighted by atomic mass is 9.83. The topological polar surface area (TPSA) is 35.5 Å². The third-order valence-corrected chi connectivity index (χ3v) is 3.35. The van der Waals surface area contributed by atoms with Gasteiger partial charge in [-0.05, 0) is 43.9 Å². The maximum Gasteiger partial charge on any atom is 0.163 e. The van der Waals surface area contributed by atoms with Gasteiger partial charge >= 0.3 is 0 Å². The molecule has 0 aromatic heterocycles. The van der Waals surface area contributed by atoms with Crippen molar-refractivity contribution >= 4 is 5.78 Å². The van der Waals surface area contributed by atoms with Gasteiger partial charge in [-0.25, -0.2) is 0 Å². The number of benzene rings is 1. The summed E-state index contributed by atoms with van der Waals surface area (Å²) in [6.07, 6.45) is 1.55. The minimum absolute atomic E-state index is 0.215. The molecule has 1 aromatic carbocycles. The van der Waals surface area contributed by atoms with E-state index in [0.29, 0.717) is 31.3 Å². The molecular weight excluding hydrogens is 228 g/mol. The predicted octanol–water partition coefficient (Wildman–Crippen LogP) is 3.56. The maximum absolute atomic E-state index is 12.0. The first-order valence-electron chi connectivity index (χ1n) is 6.64. The molecule has 3 nitrogen and oxygen atoms in total. The Bertz CT molecular complexity index is 451. The van der Waals surface area contributed by atoms with Crippen LogP contribution in [0.3, 0.4) is 0 Å². The Kier molecular flexibility index (Phi) is 3.90. The van der Waals surface area contributed by atoms with E-state index in [0.717, 1.165) is 23.3 Å². The van der Waals surface area contributed by atoms with E-state index < -0.39 is 0 Å². The highest BCUT2D eigenvalue weighted by Gasteiger charge is 2.25. The Hall–Kier alpha value is -1.51. The predicted molar refractivity (Wildman–Crippen MR) is 70.8 cm³/mol. The third-order valence-electron chi connectivity index (χ3n) is 3.35. The van der Waals surface area contributed by atoms with Crippen LogP contribution in [0.4, 0.5) is 0 Å². The van der Waals surface area contributed by atoms with Crippen molar-refractivity contribution in [2.45, 2.75) is 39.5 Å². The van der Waals surface area contributed by atoms with Crippen LogP contribution >= 0.6 is 0 Å². The van der Waals surface area contributed by atoms with Crippen LogP contribution in [0, 0.1) is 0 Å². The number of fused-ring (bicyclic) bond motifs is 1. The normalized spacial score (nSPS) is 18.4. The fraction of sp³-hybridized carbons (Fsp3) is 0.533. The van der Waals surface area contributed by atoms with Gasteiger partial charge in [-0.2, -0.15) is 0 Å². The minimum Gasteiger partial charge on any atom is -0.490 e. The van der Waals surface area contributed by atoms with E-state index in [9.17, 15) is 4.79 Å². The van der Waals surface area contributed by atoms with Gasteiger partial charge < -0.3 is 9.47 Å². The molecule has 0 bridgehead atoms. The molecule has 1 aromatic rings. The van der Waals surface area contributed by atoms with E-state index in [1.54, 1.807) is 0 Å². The summed E-state index contributed by atoms with van der Waals surface area (Å²) in [5.41, 5.74) is 1.90. The third kappa shape index (κ3) is 2.35.